The van der Waals surface area contributed by atoms with E-state index in [0.29, 0.717) is 6.61 Å². The number of nitrogens with two attached hydrogens (primary N) is 1. The molecule has 0 aliphatic carbocycles. The summed E-state index contributed by atoms with van der Waals surface area (Å²) in [5.41, 5.74) is 8.58. The Morgan fingerprint density at radius 3 is 2.06 bits per heavy atom. The molecule has 3 aromatic carbocycles. The second-order valence-electron chi connectivity index (χ2n) is 8.94. The summed E-state index contributed by atoms with van der Waals surface area (Å²) in [6.07, 6.45) is 3.01. The lowest BCUT2D eigenvalue weighted by Gasteiger charge is -2.44. The second kappa shape index (κ2) is 11.3. The van der Waals surface area contributed by atoms with Crippen molar-refractivity contribution in [2.24, 2.45) is 11.7 Å². The van der Waals surface area contributed by atoms with Gasteiger partial charge in [0.15, 0.2) is 0 Å². The van der Waals surface area contributed by atoms with Crippen molar-refractivity contribution in [1.82, 2.24) is 4.90 Å². The molecule has 1 aliphatic heterocycles. The van der Waals surface area contributed by atoms with E-state index in [9.17, 15) is 4.79 Å². The van der Waals surface area contributed by atoms with Gasteiger partial charge < -0.3 is 15.4 Å². The summed E-state index contributed by atoms with van der Waals surface area (Å²) in [5.74, 6) is -0.142. The Morgan fingerprint density at radius 2 is 1.48 bits per heavy atom. The number of hydrogen-bond acceptors (Lipinski definition) is 3. The molecule has 1 aliphatic rings. The fraction of sp³-hybridized carbons (Fsp3) is 0.345. The van der Waals surface area contributed by atoms with E-state index in [1.165, 1.54) is 5.56 Å². The first-order valence-electron chi connectivity index (χ1n) is 12.0. The van der Waals surface area contributed by atoms with Crippen molar-refractivity contribution in [3.63, 3.8) is 0 Å². The van der Waals surface area contributed by atoms with Crippen LogP contribution in [0.3, 0.4) is 0 Å². The van der Waals surface area contributed by atoms with E-state index in [1.54, 1.807) is 0 Å². The van der Waals surface area contributed by atoms with Crippen LogP contribution in [-0.4, -0.2) is 37.0 Å². The van der Waals surface area contributed by atoms with Gasteiger partial charge in [-0.05, 0) is 48.4 Å². The number of amides is 1. The van der Waals surface area contributed by atoms with Crippen molar-refractivity contribution >= 4 is 5.91 Å². The van der Waals surface area contributed by atoms with E-state index in [-0.39, 0.29) is 11.8 Å². The van der Waals surface area contributed by atoms with Crippen LogP contribution in [0.4, 0.5) is 0 Å². The summed E-state index contributed by atoms with van der Waals surface area (Å²) < 4.78 is 5.88. The maximum Gasteiger partial charge on any atom is 0.232 e. The van der Waals surface area contributed by atoms with Gasteiger partial charge in [0.25, 0.3) is 0 Å². The highest BCUT2D eigenvalue weighted by Gasteiger charge is 2.48. The van der Waals surface area contributed by atoms with Gasteiger partial charge in [-0.1, -0.05) is 91.0 Å². The molecule has 0 saturated carbocycles. The van der Waals surface area contributed by atoms with Crippen LogP contribution >= 0.6 is 0 Å². The van der Waals surface area contributed by atoms with Gasteiger partial charge in [0.05, 0.1) is 6.61 Å². The van der Waals surface area contributed by atoms with Gasteiger partial charge in [-0.3, -0.25) is 4.79 Å². The van der Waals surface area contributed by atoms with Crippen LogP contribution in [0, 0.1) is 5.92 Å². The van der Waals surface area contributed by atoms with E-state index in [4.69, 9.17) is 10.5 Å². The number of piperidine rings is 1. The van der Waals surface area contributed by atoms with Gasteiger partial charge in [-0.15, -0.1) is 0 Å². The molecule has 3 aromatic rings. The van der Waals surface area contributed by atoms with Gasteiger partial charge >= 0.3 is 0 Å². The first kappa shape index (κ1) is 23.2. The van der Waals surface area contributed by atoms with E-state index in [0.717, 1.165) is 56.6 Å². The van der Waals surface area contributed by atoms with Crippen molar-refractivity contribution in [1.29, 1.82) is 0 Å². The Labute approximate surface area is 197 Å². The number of carbonyl (C=O) groups is 1. The first-order chi connectivity index (χ1) is 16.2. The molecular weight excluding hydrogens is 408 g/mol. The lowest BCUT2D eigenvalue weighted by atomic mass is 9.63. The third-order valence-electron chi connectivity index (χ3n) is 6.84. The number of benzene rings is 3. The molecule has 1 amide bonds. The van der Waals surface area contributed by atoms with Gasteiger partial charge in [0.1, 0.15) is 5.41 Å². The van der Waals surface area contributed by atoms with E-state index >= 15 is 0 Å². The Bertz CT molecular complexity index is 952. The van der Waals surface area contributed by atoms with Crippen LogP contribution in [-0.2, 0) is 21.6 Å². The highest BCUT2D eigenvalue weighted by atomic mass is 16.5. The van der Waals surface area contributed by atoms with Crippen LogP contribution < -0.4 is 5.73 Å². The highest BCUT2D eigenvalue weighted by Crippen LogP contribution is 2.43. The molecule has 4 rings (SSSR count). The standard InChI is InChI=1S/C29H34N2O2/c30-28(32)29(25-14-6-2-7-15-25,26-16-8-3-9-17-26)27-18-10-19-31(22-27)20-11-21-33-23-24-12-4-1-5-13-24/h1-9,12-17,27H,10-11,18-23H2,(H2,30,32). The minimum absolute atomic E-state index is 0.124. The minimum Gasteiger partial charge on any atom is -0.377 e. The Balaban J connectivity index is 1.46. The van der Waals surface area contributed by atoms with Crippen LogP contribution in [0.15, 0.2) is 91.0 Å². The number of nitrogens with zero attached hydrogens (tertiary/aromatic N) is 1. The van der Waals surface area contributed by atoms with E-state index in [2.05, 4.69) is 17.0 Å². The number of carbonyl (C=O) groups excluding carboxylic acids is 1. The van der Waals surface area contributed by atoms with Gasteiger partial charge in [-0.25, -0.2) is 0 Å². The minimum atomic E-state index is -0.828. The molecule has 172 valence electrons. The molecule has 1 heterocycles. The monoisotopic (exact) mass is 442 g/mol. The Hall–Kier alpha value is -2.95. The van der Waals surface area contributed by atoms with Crippen molar-refractivity contribution in [3.8, 4) is 0 Å². The summed E-state index contributed by atoms with van der Waals surface area (Å²) in [6, 6.07) is 30.5. The van der Waals surface area contributed by atoms with Crippen molar-refractivity contribution in [2.45, 2.75) is 31.3 Å². The molecule has 0 bridgehead atoms. The average Bonchev–Trinajstić information content (AvgIpc) is 2.86. The molecule has 4 heteroatoms. The topological polar surface area (TPSA) is 55.6 Å². The molecule has 1 atom stereocenters. The summed E-state index contributed by atoms with van der Waals surface area (Å²) in [4.78, 5) is 15.7. The predicted molar refractivity (Wildman–Crippen MR) is 133 cm³/mol. The molecule has 0 aromatic heterocycles. The highest BCUT2D eigenvalue weighted by molar-refractivity contribution is 5.91. The third kappa shape index (κ3) is 5.35. The number of ether oxygens (including phenoxy) is 1. The largest absolute Gasteiger partial charge is 0.377 e. The van der Waals surface area contributed by atoms with Crippen LogP contribution in [0.1, 0.15) is 36.0 Å². The van der Waals surface area contributed by atoms with E-state index < -0.39 is 5.41 Å². The zero-order chi connectivity index (χ0) is 22.9. The fourth-order valence-corrected chi connectivity index (χ4v) is 5.29. The van der Waals surface area contributed by atoms with Crippen LogP contribution in [0.2, 0.25) is 0 Å². The molecule has 2 N–H and O–H groups in total. The van der Waals surface area contributed by atoms with Gasteiger partial charge in [0, 0.05) is 19.7 Å². The first-order valence-corrected chi connectivity index (χ1v) is 12.0. The quantitative estimate of drug-likeness (QED) is 0.460. The second-order valence-corrected chi connectivity index (χ2v) is 8.94. The SMILES string of the molecule is NC(=O)C(c1ccccc1)(c1ccccc1)C1CCCN(CCCOCc2ccccc2)C1. The number of primary amides is 1. The number of rotatable bonds is 10. The normalized spacial score (nSPS) is 17.0. The van der Waals surface area contributed by atoms with Crippen molar-refractivity contribution < 1.29 is 9.53 Å². The summed E-state index contributed by atoms with van der Waals surface area (Å²) in [7, 11) is 0. The van der Waals surface area contributed by atoms with Crippen LogP contribution in [0.5, 0.6) is 0 Å². The zero-order valence-electron chi connectivity index (χ0n) is 19.2. The summed E-state index contributed by atoms with van der Waals surface area (Å²) >= 11 is 0. The lowest BCUT2D eigenvalue weighted by Crippen LogP contribution is -2.53. The maximum atomic E-state index is 13.2. The van der Waals surface area contributed by atoms with Crippen LogP contribution in [0.25, 0.3) is 0 Å². The predicted octanol–water partition coefficient (Wildman–Crippen LogP) is 4.78. The molecule has 1 saturated heterocycles. The summed E-state index contributed by atoms with van der Waals surface area (Å²) in [5, 5.41) is 0. The maximum absolute atomic E-state index is 13.2. The molecule has 1 fully saturated rings. The average molecular weight is 443 g/mol. The van der Waals surface area contributed by atoms with Crippen molar-refractivity contribution in [3.05, 3.63) is 108 Å². The molecule has 0 radical (unpaired) electrons. The van der Waals surface area contributed by atoms with Gasteiger partial charge in [-0.2, -0.15) is 0 Å². The molecule has 4 nitrogen and oxygen atoms in total. The Kier molecular flexibility index (Phi) is 7.92. The molecule has 1 unspecified atom stereocenters. The lowest BCUT2D eigenvalue weighted by molar-refractivity contribution is -0.124. The molecule has 0 spiro atoms. The zero-order valence-corrected chi connectivity index (χ0v) is 19.2. The summed E-state index contributed by atoms with van der Waals surface area (Å²) in [6.45, 7) is 4.24. The smallest absolute Gasteiger partial charge is 0.232 e. The molecular formula is C29H34N2O2. The van der Waals surface area contributed by atoms with Gasteiger partial charge in [0.2, 0.25) is 5.91 Å². The molecule has 33 heavy (non-hydrogen) atoms. The number of likely N-dealkylation sites (tertiary alicyclic amines) is 1. The van der Waals surface area contributed by atoms with E-state index in [1.807, 2.05) is 78.9 Å². The van der Waals surface area contributed by atoms with Crippen molar-refractivity contribution in [2.75, 3.05) is 26.2 Å². The fourth-order valence-electron chi connectivity index (χ4n) is 5.29. The third-order valence-corrected chi connectivity index (χ3v) is 6.84. The number of hydrogen-bond donors (Lipinski definition) is 1. The Morgan fingerprint density at radius 1 is 0.909 bits per heavy atom.